The second kappa shape index (κ2) is 11.2. The molecule has 0 N–H and O–H groups in total. The Morgan fingerprint density at radius 2 is 1.60 bits per heavy atom. The van der Waals surface area contributed by atoms with Crippen LogP contribution >= 0.6 is 0 Å². The first-order valence-corrected chi connectivity index (χ1v) is 10.7. The fraction of sp³-hybridized carbons (Fsp3) is 0.812. The highest BCUT2D eigenvalue weighted by atomic mass is 28.3. The first-order chi connectivity index (χ1) is 9.56. The zero-order valence-corrected chi connectivity index (χ0v) is 14.7. The minimum Gasteiger partial charge on any atom is -0.356 e. The lowest BCUT2D eigenvalue weighted by Crippen LogP contribution is -2.54. The summed E-state index contributed by atoms with van der Waals surface area (Å²) in [5, 5.41) is 0.150. The van der Waals surface area contributed by atoms with E-state index >= 15 is 0 Å². The highest BCUT2D eigenvalue weighted by molar-refractivity contribution is 7.07. The molecule has 0 aromatic rings. The molecule has 4 heteroatoms. The van der Waals surface area contributed by atoms with Crippen LogP contribution in [0.1, 0.15) is 52.9 Å². The first kappa shape index (κ1) is 19.5. The zero-order chi connectivity index (χ0) is 15.4. The topological polar surface area (TPSA) is 35.5 Å². The van der Waals surface area contributed by atoms with Crippen LogP contribution in [-0.4, -0.2) is 32.6 Å². The molecule has 0 saturated carbocycles. The summed E-state index contributed by atoms with van der Waals surface area (Å²) in [4.78, 5) is 12.3. The van der Waals surface area contributed by atoms with Gasteiger partial charge in [0.1, 0.15) is 11.3 Å². The molecule has 0 amide bonds. The second-order valence-corrected chi connectivity index (χ2v) is 9.82. The molecule has 0 fully saturated rings. The Balaban J connectivity index is 4.87. The highest BCUT2D eigenvalue weighted by Gasteiger charge is 2.43. The van der Waals surface area contributed by atoms with Crippen molar-refractivity contribution in [1.82, 2.24) is 0 Å². The third-order valence-electron chi connectivity index (χ3n) is 3.57. The van der Waals surface area contributed by atoms with Crippen LogP contribution in [0.25, 0.3) is 0 Å². The molecule has 20 heavy (non-hydrogen) atoms. The summed E-state index contributed by atoms with van der Waals surface area (Å²) < 4.78 is 11.9. The van der Waals surface area contributed by atoms with Crippen molar-refractivity contribution in [1.29, 1.82) is 0 Å². The predicted octanol–water partition coefficient (Wildman–Crippen LogP) is 4.27. The summed E-state index contributed by atoms with van der Waals surface area (Å²) >= 11 is 0. The van der Waals surface area contributed by atoms with E-state index in [1.807, 2.05) is 0 Å². The van der Waals surface area contributed by atoms with Gasteiger partial charge in [-0.25, -0.2) is 0 Å². The Morgan fingerprint density at radius 3 is 1.95 bits per heavy atom. The Hall–Kier alpha value is -0.453. The van der Waals surface area contributed by atoms with Gasteiger partial charge < -0.3 is 14.3 Å². The van der Waals surface area contributed by atoms with Gasteiger partial charge in [0.25, 0.3) is 0 Å². The molecule has 0 aliphatic heterocycles. The third-order valence-corrected chi connectivity index (χ3v) is 7.81. The summed E-state index contributed by atoms with van der Waals surface area (Å²) in [6.07, 6.45) is 6.62. The SMILES string of the molecule is C=CC(=O)[Si](C)(CCC)C(OCCCC)OCCCC. The molecule has 0 aliphatic carbocycles. The average Bonchev–Trinajstić information content (AvgIpc) is 2.45. The third kappa shape index (κ3) is 6.33. The summed E-state index contributed by atoms with van der Waals surface area (Å²) in [5.74, 6) is -0.328. The summed E-state index contributed by atoms with van der Waals surface area (Å²) in [6.45, 7) is 13.4. The van der Waals surface area contributed by atoms with Gasteiger partial charge >= 0.3 is 0 Å². The second-order valence-electron chi connectivity index (χ2n) is 5.52. The molecule has 0 aromatic heterocycles. The van der Waals surface area contributed by atoms with Crippen molar-refractivity contribution < 1.29 is 14.3 Å². The van der Waals surface area contributed by atoms with Crippen molar-refractivity contribution >= 4 is 13.5 Å². The van der Waals surface area contributed by atoms with Gasteiger partial charge in [0.05, 0.1) is 0 Å². The van der Waals surface area contributed by atoms with Crippen molar-refractivity contribution in [3.63, 3.8) is 0 Å². The molecule has 118 valence electrons. The molecule has 0 bridgehead atoms. The van der Waals surface area contributed by atoms with E-state index in [-0.39, 0.29) is 11.3 Å². The zero-order valence-electron chi connectivity index (χ0n) is 13.7. The van der Waals surface area contributed by atoms with Crippen LogP contribution in [0.15, 0.2) is 12.7 Å². The molecule has 0 aliphatic rings. The van der Waals surface area contributed by atoms with Crippen molar-refractivity contribution in [2.45, 2.75) is 71.4 Å². The summed E-state index contributed by atoms with van der Waals surface area (Å²) in [5.41, 5.74) is 0. The summed E-state index contributed by atoms with van der Waals surface area (Å²) in [7, 11) is -2.28. The van der Waals surface area contributed by atoms with Crippen LogP contribution in [-0.2, 0) is 14.3 Å². The smallest absolute Gasteiger partial charge is 0.200 e. The van der Waals surface area contributed by atoms with E-state index in [0.29, 0.717) is 13.2 Å². The lowest BCUT2D eigenvalue weighted by atomic mass is 10.4. The van der Waals surface area contributed by atoms with Crippen molar-refractivity contribution in [2.24, 2.45) is 0 Å². The van der Waals surface area contributed by atoms with E-state index in [2.05, 4.69) is 33.9 Å². The van der Waals surface area contributed by atoms with E-state index in [9.17, 15) is 4.79 Å². The lowest BCUT2D eigenvalue weighted by molar-refractivity contribution is -0.116. The molecule has 1 unspecified atom stereocenters. The molecular formula is C16H32O3Si. The predicted molar refractivity (Wildman–Crippen MR) is 87.4 cm³/mol. The van der Waals surface area contributed by atoms with Crippen molar-refractivity contribution in [3.05, 3.63) is 12.7 Å². The number of ether oxygens (including phenoxy) is 2. The number of carbonyl (C=O) groups is 1. The van der Waals surface area contributed by atoms with E-state index in [1.165, 1.54) is 6.08 Å². The normalized spacial score (nSPS) is 14.2. The van der Waals surface area contributed by atoms with Gasteiger partial charge in [0.15, 0.2) is 8.07 Å². The average molecular weight is 301 g/mol. The molecule has 0 saturated heterocycles. The maximum absolute atomic E-state index is 12.3. The number of hydrogen-bond donors (Lipinski definition) is 0. The molecular weight excluding hydrogens is 268 g/mol. The van der Waals surface area contributed by atoms with E-state index in [0.717, 1.165) is 38.1 Å². The van der Waals surface area contributed by atoms with Crippen LogP contribution in [0, 0.1) is 0 Å². The van der Waals surface area contributed by atoms with Gasteiger partial charge in [0, 0.05) is 13.2 Å². The van der Waals surface area contributed by atoms with Crippen LogP contribution < -0.4 is 0 Å². The maximum Gasteiger partial charge on any atom is 0.200 e. The van der Waals surface area contributed by atoms with Gasteiger partial charge in [-0.2, -0.15) is 0 Å². The first-order valence-electron chi connectivity index (χ1n) is 7.96. The number of rotatable bonds is 13. The van der Waals surface area contributed by atoms with Crippen LogP contribution in [0.5, 0.6) is 0 Å². The Bertz CT molecular complexity index is 271. The molecule has 0 aromatic carbocycles. The number of allylic oxidation sites excluding steroid dienone is 1. The number of hydrogen-bond acceptors (Lipinski definition) is 3. The van der Waals surface area contributed by atoms with E-state index in [1.54, 1.807) is 0 Å². The molecule has 3 nitrogen and oxygen atoms in total. The van der Waals surface area contributed by atoms with Crippen LogP contribution in [0.3, 0.4) is 0 Å². The maximum atomic E-state index is 12.3. The molecule has 1 atom stereocenters. The number of unbranched alkanes of at least 4 members (excludes halogenated alkanes) is 2. The van der Waals surface area contributed by atoms with Crippen LogP contribution in [0.4, 0.5) is 0 Å². The molecule has 0 spiro atoms. The Kier molecular flexibility index (Phi) is 11.0. The van der Waals surface area contributed by atoms with Gasteiger partial charge in [-0.1, -0.05) is 53.2 Å². The van der Waals surface area contributed by atoms with Gasteiger partial charge in [-0.3, -0.25) is 0 Å². The van der Waals surface area contributed by atoms with Crippen LogP contribution in [0.2, 0.25) is 12.6 Å². The van der Waals surface area contributed by atoms with Crippen molar-refractivity contribution in [3.8, 4) is 0 Å². The van der Waals surface area contributed by atoms with Gasteiger partial charge in [-0.05, 0) is 25.0 Å². The standard InChI is InChI=1S/C16H32O3Si/c1-6-10-12-18-16(19-13-11-7-2)20(5,14-8-3)15(17)9-4/h9,16H,4,6-8,10-14H2,1-3,5H3. The minimum atomic E-state index is -2.28. The van der Waals surface area contributed by atoms with E-state index < -0.39 is 8.07 Å². The fourth-order valence-electron chi connectivity index (χ4n) is 2.20. The van der Waals surface area contributed by atoms with Crippen molar-refractivity contribution in [2.75, 3.05) is 13.2 Å². The minimum absolute atomic E-state index is 0.150. The fourth-order valence-corrected chi connectivity index (χ4v) is 5.39. The quantitative estimate of drug-likeness (QED) is 0.220. The highest BCUT2D eigenvalue weighted by Crippen LogP contribution is 2.23. The monoisotopic (exact) mass is 300 g/mol. The van der Waals surface area contributed by atoms with E-state index in [4.69, 9.17) is 9.47 Å². The Morgan fingerprint density at radius 1 is 1.10 bits per heavy atom. The molecule has 0 radical (unpaired) electrons. The lowest BCUT2D eigenvalue weighted by Gasteiger charge is -2.33. The largest absolute Gasteiger partial charge is 0.356 e. The molecule has 0 rings (SSSR count). The Labute approximate surface area is 125 Å². The molecule has 0 heterocycles. The van der Waals surface area contributed by atoms with Gasteiger partial charge in [0.2, 0.25) is 0 Å². The summed E-state index contributed by atoms with van der Waals surface area (Å²) in [6, 6.07) is 0.890. The van der Waals surface area contributed by atoms with Gasteiger partial charge in [-0.15, -0.1) is 0 Å². The number of carbonyl (C=O) groups excluding carboxylic acids is 1.